The average Bonchev–Trinajstić information content (AvgIpc) is 3.35. The van der Waals surface area contributed by atoms with Gasteiger partial charge < -0.3 is 20.9 Å². The number of anilines is 2. The van der Waals surface area contributed by atoms with Crippen LogP contribution in [0.3, 0.4) is 0 Å². The Labute approximate surface area is 202 Å². The molecule has 34 heavy (non-hydrogen) atoms. The summed E-state index contributed by atoms with van der Waals surface area (Å²) in [6.07, 6.45) is 13.7. The van der Waals surface area contributed by atoms with Crippen molar-refractivity contribution in [3.05, 3.63) is 41.7 Å². The van der Waals surface area contributed by atoms with Crippen molar-refractivity contribution in [3.63, 3.8) is 0 Å². The molecule has 1 atom stereocenters. The first-order valence-electron chi connectivity index (χ1n) is 13.2. The fraction of sp³-hybridized carbons (Fsp3) is 0.593. The van der Waals surface area contributed by atoms with E-state index in [0.29, 0.717) is 30.0 Å². The third-order valence-electron chi connectivity index (χ3n) is 8.07. The van der Waals surface area contributed by atoms with E-state index in [2.05, 4.69) is 46.4 Å². The van der Waals surface area contributed by atoms with Crippen LogP contribution in [0.15, 0.2) is 30.6 Å². The monoisotopic (exact) mass is 459 g/mol. The largest absolute Gasteiger partial charge is 0.361 e. The first-order valence-corrected chi connectivity index (χ1v) is 13.2. The Balaban J connectivity index is 1.36. The Morgan fingerprint density at radius 2 is 1.68 bits per heavy atom. The van der Waals surface area contributed by atoms with Crippen LogP contribution < -0.4 is 16.4 Å². The summed E-state index contributed by atoms with van der Waals surface area (Å²) >= 11 is 0. The highest BCUT2D eigenvalue weighted by atomic mass is 15.2. The lowest BCUT2D eigenvalue weighted by molar-refractivity contribution is 0.410. The van der Waals surface area contributed by atoms with E-state index in [1.54, 1.807) is 0 Å². The molecule has 3 aliphatic carbocycles. The van der Waals surface area contributed by atoms with Gasteiger partial charge in [-0.15, -0.1) is 0 Å². The van der Waals surface area contributed by atoms with Crippen molar-refractivity contribution in [2.24, 2.45) is 11.7 Å². The lowest BCUT2D eigenvalue weighted by atomic mass is 9.92. The highest BCUT2D eigenvalue weighted by Gasteiger charge is 2.34. The molecule has 3 saturated carbocycles. The van der Waals surface area contributed by atoms with Gasteiger partial charge in [-0.3, -0.25) is 0 Å². The van der Waals surface area contributed by atoms with E-state index >= 15 is 0 Å². The summed E-state index contributed by atoms with van der Waals surface area (Å²) in [4.78, 5) is 14.9. The zero-order valence-corrected chi connectivity index (χ0v) is 20.2. The van der Waals surface area contributed by atoms with E-state index in [1.807, 2.05) is 6.33 Å². The molecule has 180 valence electrons. The Morgan fingerprint density at radius 1 is 0.941 bits per heavy atom. The molecule has 2 aromatic heterocycles. The lowest BCUT2D eigenvalue weighted by Gasteiger charge is -2.27. The Kier molecular flexibility index (Phi) is 5.89. The van der Waals surface area contributed by atoms with Gasteiger partial charge in [0.15, 0.2) is 17.0 Å². The molecule has 6 rings (SSSR count). The molecule has 2 heterocycles. The van der Waals surface area contributed by atoms with Gasteiger partial charge in [-0.05, 0) is 69.8 Å². The smallest absolute Gasteiger partial charge is 0.227 e. The molecule has 0 saturated heterocycles. The minimum absolute atomic E-state index is 0.246. The Morgan fingerprint density at radius 3 is 2.38 bits per heavy atom. The molecule has 0 aliphatic heterocycles. The number of fused-ring (bicyclic) bond motifs is 1. The van der Waals surface area contributed by atoms with Gasteiger partial charge in [0.2, 0.25) is 5.95 Å². The number of hydrogen-bond donors (Lipinski definition) is 3. The van der Waals surface area contributed by atoms with E-state index < -0.39 is 0 Å². The minimum Gasteiger partial charge on any atom is -0.361 e. The highest BCUT2D eigenvalue weighted by molar-refractivity contribution is 5.84. The zero-order chi connectivity index (χ0) is 23.1. The van der Waals surface area contributed by atoms with E-state index in [0.717, 1.165) is 42.7 Å². The number of aryl methyl sites for hydroxylation is 1. The van der Waals surface area contributed by atoms with Gasteiger partial charge in [-0.25, -0.2) is 4.98 Å². The molecule has 1 aromatic carbocycles. The Hall–Kier alpha value is -2.67. The van der Waals surface area contributed by atoms with E-state index in [1.165, 1.54) is 49.7 Å². The van der Waals surface area contributed by atoms with Crippen LogP contribution in [-0.2, 0) is 0 Å². The van der Waals surface area contributed by atoms with Crippen LogP contribution in [0.4, 0.5) is 11.8 Å². The number of nitrogens with zero attached hydrogens (tertiary/aromatic N) is 4. The Bertz CT molecular complexity index is 1120. The summed E-state index contributed by atoms with van der Waals surface area (Å²) in [5, 5.41) is 7.47. The number of nitrogens with two attached hydrogens (primary N) is 1. The second kappa shape index (κ2) is 9.17. The van der Waals surface area contributed by atoms with Crippen LogP contribution in [-0.4, -0.2) is 31.6 Å². The maximum absolute atomic E-state index is 6.14. The van der Waals surface area contributed by atoms with Crippen molar-refractivity contribution in [1.82, 2.24) is 19.5 Å². The quantitative estimate of drug-likeness (QED) is 0.432. The zero-order valence-electron chi connectivity index (χ0n) is 20.2. The van der Waals surface area contributed by atoms with E-state index in [-0.39, 0.29) is 6.04 Å². The van der Waals surface area contributed by atoms with Gasteiger partial charge in [-0.1, -0.05) is 42.7 Å². The molecule has 4 N–H and O–H groups in total. The maximum Gasteiger partial charge on any atom is 0.227 e. The number of nitrogens with one attached hydrogen (secondary N) is 2. The molecule has 0 radical (unpaired) electrons. The molecule has 3 aliphatic rings. The van der Waals surface area contributed by atoms with Crippen LogP contribution >= 0.6 is 0 Å². The number of benzene rings is 1. The summed E-state index contributed by atoms with van der Waals surface area (Å²) in [6.45, 7) is 2.14. The molecular weight excluding hydrogens is 422 g/mol. The van der Waals surface area contributed by atoms with Crippen LogP contribution in [0.25, 0.3) is 11.2 Å². The van der Waals surface area contributed by atoms with Gasteiger partial charge in [0.1, 0.15) is 0 Å². The summed E-state index contributed by atoms with van der Waals surface area (Å²) in [7, 11) is 0. The highest BCUT2D eigenvalue weighted by Crippen LogP contribution is 2.43. The van der Waals surface area contributed by atoms with Crippen molar-refractivity contribution in [2.75, 3.05) is 10.6 Å². The van der Waals surface area contributed by atoms with Gasteiger partial charge in [-0.2, -0.15) is 9.97 Å². The van der Waals surface area contributed by atoms with Crippen molar-refractivity contribution < 1.29 is 0 Å². The topological polar surface area (TPSA) is 93.7 Å². The van der Waals surface area contributed by atoms with Crippen LogP contribution in [0.5, 0.6) is 0 Å². The van der Waals surface area contributed by atoms with Crippen LogP contribution in [0.1, 0.15) is 87.4 Å². The van der Waals surface area contributed by atoms with Gasteiger partial charge in [0.25, 0.3) is 0 Å². The fourth-order valence-corrected chi connectivity index (χ4v) is 5.80. The third-order valence-corrected chi connectivity index (χ3v) is 8.07. The lowest BCUT2D eigenvalue weighted by Crippen LogP contribution is -2.33. The predicted molar refractivity (Wildman–Crippen MR) is 137 cm³/mol. The molecule has 7 heteroatoms. The summed E-state index contributed by atoms with van der Waals surface area (Å²) in [6, 6.07) is 10.4. The van der Waals surface area contributed by atoms with Crippen LogP contribution in [0.2, 0.25) is 0 Å². The fourth-order valence-electron chi connectivity index (χ4n) is 5.80. The molecule has 3 aromatic rings. The number of rotatable bonds is 7. The van der Waals surface area contributed by atoms with Crippen LogP contribution in [0, 0.1) is 12.8 Å². The molecular formula is C27H37N7. The average molecular weight is 460 g/mol. The molecule has 0 amide bonds. The molecule has 1 unspecified atom stereocenters. The molecule has 0 bridgehead atoms. The second-order valence-corrected chi connectivity index (χ2v) is 10.8. The van der Waals surface area contributed by atoms with E-state index in [9.17, 15) is 0 Å². The first kappa shape index (κ1) is 21.8. The number of aromatic nitrogens is 4. The SMILES string of the molecule is Cc1ccc(C(Nc2nc(NC3CCC(N)CC3)nc3c2ncn3C2CCCC2)C2CC2)cc1. The summed E-state index contributed by atoms with van der Waals surface area (Å²) in [5.74, 6) is 2.21. The molecule has 3 fully saturated rings. The van der Waals surface area contributed by atoms with Crippen molar-refractivity contribution in [3.8, 4) is 0 Å². The standard InChI is InChI=1S/C27H37N7/c1-17-6-8-18(9-7-17)23(19-10-11-19)31-25-24-26(34(16-29-24)22-4-2-3-5-22)33-27(32-25)30-21-14-12-20(28)13-15-21/h6-9,16,19-23H,2-5,10-15,28H2,1H3,(H2,30,31,32,33). The van der Waals surface area contributed by atoms with Gasteiger partial charge >= 0.3 is 0 Å². The summed E-state index contributed by atoms with van der Waals surface area (Å²) < 4.78 is 2.30. The minimum atomic E-state index is 0.246. The number of hydrogen-bond acceptors (Lipinski definition) is 6. The third kappa shape index (κ3) is 4.50. The maximum atomic E-state index is 6.14. The second-order valence-electron chi connectivity index (χ2n) is 10.8. The number of imidazole rings is 1. The van der Waals surface area contributed by atoms with Crippen molar-refractivity contribution >= 4 is 22.9 Å². The molecule has 7 nitrogen and oxygen atoms in total. The van der Waals surface area contributed by atoms with Gasteiger partial charge in [0.05, 0.1) is 12.4 Å². The summed E-state index contributed by atoms with van der Waals surface area (Å²) in [5.41, 5.74) is 10.6. The van der Waals surface area contributed by atoms with Crippen molar-refractivity contribution in [1.29, 1.82) is 0 Å². The van der Waals surface area contributed by atoms with E-state index in [4.69, 9.17) is 20.7 Å². The molecule has 0 spiro atoms. The van der Waals surface area contributed by atoms with Gasteiger partial charge in [0, 0.05) is 18.1 Å². The normalized spacial score (nSPS) is 24.4. The first-order chi connectivity index (χ1) is 16.6. The van der Waals surface area contributed by atoms with Crippen molar-refractivity contribution in [2.45, 2.75) is 95.3 Å². The predicted octanol–water partition coefficient (Wildman–Crippen LogP) is 5.49.